The van der Waals surface area contributed by atoms with Gasteiger partial charge in [-0.05, 0) is 35.4 Å². The Kier molecular flexibility index (Phi) is 2.26. The standard InChI is InChI=1S/C15H13N3S/c16-13-3-1-2-10-7-18(8-12(10)13)11-4-5-14-15(6-11)19-9-17-14/h1-6,9H,7-8,16H2. The van der Waals surface area contributed by atoms with Gasteiger partial charge in [-0.15, -0.1) is 11.3 Å². The molecule has 0 saturated carbocycles. The van der Waals surface area contributed by atoms with Gasteiger partial charge in [0.15, 0.2) is 0 Å². The van der Waals surface area contributed by atoms with Crippen molar-refractivity contribution in [2.24, 2.45) is 0 Å². The molecule has 0 radical (unpaired) electrons. The maximum atomic E-state index is 6.05. The lowest BCUT2D eigenvalue weighted by atomic mass is 10.1. The molecule has 3 nitrogen and oxygen atoms in total. The Balaban J connectivity index is 1.73. The number of thiazole rings is 1. The summed E-state index contributed by atoms with van der Waals surface area (Å²) >= 11 is 1.68. The summed E-state index contributed by atoms with van der Waals surface area (Å²) in [7, 11) is 0. The average molecular weight is 267 g/mol. The molecule has 0 fully saturated rings. The van der Waals surface area contributed by atoms with Gasteiger partial charge in [0.05, 0.1) is 15.7 Å². The van der Waals surface area contributed by atoms with Crippen molar-refractivity contribution in [2.45, 2.75) is 13.1 Å². The van der Waals surface area contributed by atoms with Crippen LogP contribution >= 0.6 is 11.3 Å². The first-order chi connectivity index (χ1) is 9.31. The van der Waals surface area contributed by atoms with Gasteiger partial charge in [0.2, 0.25) is 0 Å². The van der Waals surface area contributed by atoms with E-state index in [0.29, 0.717) is 0 Å². The summed E-state index contributed by atoms with van der Waals surface area (Å²) in [5.74, 6) is 0. The molecule has 4 rings (SSSR count). The fraction of sp³-hybridized carbons (Fsp3) is 0.133. The molecule has 0 unspecified atom stereocenters. The highest BCUT2D eigenvalue weighted by Crippen LogP contribution is 2.33. The van der Waals surface area contributed by atoms with Crippen LogP contribution in [0.5, 0.6) is 0 Å². The minimum Gasteiger partial charge on any atom is -0.398 e. The molecule has 0 spiro atoms. The molecule has 1 aliphatic rings. The largest absolute Gasteiger partial charge is 0.398 e. The number of nitrogen functional groups attached to an aromatic ring is 1. The molecular formula is C15H13N3S. The summed E-state index contributed by atoms with van der Waals surface area (Å²) in [5, 5.41) is 0. The Bertz CT molecular complexity index is 763. The smallest absolute Gasteiger partial charge is 0.0813 e. The van der Waals surface area contributed by atoms with E-state index < -0.39 is 0 Å². The van der Waals surface area contributed by atoms with Gasteiger partial charge in [0, 0.05) is 24.5 Å². The van der Waals surface area contributed by atoms with Gasteiger partial charge < -0.3 is 10.6 Å². The van der Waals surface area contributed by atoms with Crippen molar-refractivity contribution in [1.82, 2.24) is 4.98 Å². The molecule has 0 bridgehead atoms. The number of anilines is 2. The van der Waals surface area contributed by atoms with E-state index in [1.165, 1.54) is 21.5 Å². The molecular weight excluding hydrogens is 254 g/mol. The topological polar surface area (TPSA) is 42.1 Å². The van der Waals surface area contributed by atoms with Crippen LogP contribution in [0.1, 0.15) is 11.1 Å². The van der Waals surface area contributed by atoms with E-state index in [-0.39, 0.29) is 0 Å². The SMILES string of the molecule is Nc1cccc2c1CN(c1ccc3ncsc3c1)C2. The molecule has 1 aliphatic heterocycles. The van der Waals surface area contributed by atoms with Crippen LogP contribution < -0.4 is 10.6 Å². The average Bonchev–Trinajstić information content (AvgIpc) is 3.04. The quantitative estimate of drug-likeness (QED) is 0.687. The van der Waals surface area contributed by atoms with E-state index in [1.807, 2.05) is 17.6 Å². The van der Waals surface area contributed by atoms with E-state index in [1.54, 1.807) is 11.3 Å². The van der Waals surface area contributed by atoms with E-state index in [9.17, 15) is 0 Å². The molecule has 0 aliphatic carbocycles. The third kappa shape index (κ3) is 1.68. The van der Waals surface area contributed by atoms with Crippen LogP contribution in [0.2, 0.25) is 0 Å². The number of nitrogens with zero attached hydrogens (tertiary/aromatic N) is 2. The van der Waals surface area contributed by atoms with Crippen LogP contribution in [0, 0.1) is 0 Å². The minimum atomic E-state index is 0.895. The number of nitrogens with two attached hydrogens (primary N) is 1. The number of benzene rings is 2. The van der Waals surface area contributed by atoms with E-state index in [4.69, 9.17) is 5.73 Å². The van der Waals surface area contributed by atoms with E-state index in [2.05, 4.69) is 34.1 Å². The molecule has 0 saturated heterocycles. The van der Waals surface area contributed by atoms with Crippen LogP contribution in [-0.4, -0.2) is 4.98 Å². The van der Waals surface area contributed by atoms with Crippen LogP contribution in [0.3, 0.4) is 0 Å². The third-order valence-corrected chi connectivity index (χ3v) is 4.49. The van der Waals surface area contributed by atoms with Gasteiger partial charge in [-0.25, -0.2) is 4.98 Å². The Morgan fingerprint density at radius 1 is 1.16 bits per heavy atom. The molecule has 3 aromatic rings. The Morgan fingerprint density at radius 3 is 3.00 bits per heavy atom. The molecule has 2 N–H and O–H groups in total. The lowest BCUT2D eigenvalue weighted by Crippen LogP contribution is -2.14. The van der Waals surface area contributed by atoms with Crippen LogP contribution in [0.15, 0.2) is 41.9 Å². The lowest BCUT2D eigenvalue weighted by Gasteiger charge is -2.17. The lowest BCUT2D eigenvalue weighted by molar-refractivity contribution is 0.882. The number of fused-ring (bicyclic) bond motifs is 2. The zero-order chi connectivity index (χ0) is 12.8. The van der Waals surface area contributed by atoms with Gasteiger partial charge in [-0.1, -0.05) is 12.1 Å². The predicted molar refractivity (Wildman–Crippen MR) is 80.4 cm³/mol. The zero-order valence-electron chi connectivity index (χ0n) is 10.3. The van der Waals surface area contributed by atoms with Gasteiger partial charge >= 0.3 is 0 Å². The van der Waals surface area contributed by atoms with Crippen molar-refractivity contribution in [3.05, 3.63) is 53.0 Å². The molecule has 19 heavy (non-hydrogen) atoms. The van der Waals surface area contributed by atoms with Crippen LogP contribution in [-0.2, 0) is 13.1 Å². The highest BCUT2D eigenvalue weighted by Gasteiger charge is 2.21. The number of hydrogen-bond acceptors (Lipinski definition) is 4. The van der Waals surface area contributed by atoms with Crippen molar-refractivity contribution in [3.63, 3.8) is 0 Å². The van der Waals surface area contributed by atoms with Crippen LogP contribution in [0.4, 0.5) is 11.4 Å². The summed E-state index contributed by atoms with van der Waals surface area (Å²) in [4.78, 5) is 6.68. The van der Waals surface area contributed by atoms with Crippen molar-refractivity contribution < 1.29 is 0 Å². The van der Waals surface area contributed by atoms with E-state index in [0.717, 1.165) is 24.3 Å². The fourth-order valence-electron chi connectivity index (χ4n) is 2.67. The van der Waals surface area contributed by atoms with Gasteiger partial charge in [0.25, 0.3) is 0 Å². The molecule has 0 amide bonds. The van der Waals surface area contributed by atoms with Gasteiger partial charge in [-0.3, -0.25) is 0 Å². The summed E-state index contributed by atoms with van der Waals surface area (Å²) in [5.41, 5.74) is 13.8. The summed E-state index contributed by atoms with van der Waals surface area (Å²) in [6, 6.07) is 12.6. The normalized spacial score (nSPS) is 14.0. The molecule has 2 heterocycles. The monoisotopic (exact) mass is 267 g/mol. The number of aromatic nitrogens is 1. The molecule has 1 aromatic heterocycles. The molecule has 0 atom stereocenters. The molecule has 94 valence electrons. The molecule has 4 heteroatoms. The van der Waals surface area contributed by atoms with Crippen LogP contribution in [0.25, 0.3) is 10.2 Å². The van der Waals surface area contributed by atoms with Crippen molar-refractivity contribution >= 4 is 32.9 Å². The van der Waals surface area contributed by atoms with Gasteiger partial charge in [-0.2, -0.15) is 0 Å². The van der Waals surface area contributed by atoms with Crippen molar-refractivity contribution in [3.8, 4) is 0 Å². The number of rotatable bonds is 1. The van der Waals surface area contributed by atoms with Gasteiger partial charge in [0.1, 0.15) is 0 Å². The fourth-order valence-corrected chi connectivity index (χ4v) is 3.38. The number of hydrogen-bond donors (Lipinski definition) is 1. The first-order valence-electron chi connectivity index (χ1n) is 6.26. The maximum Gasteiger partial charge on any atom is 0.0813 e. The summed E-state index contributed by atoms with van der Waals surface area (Å²) in [6.07, 6.45) is 0. The first kappa shape index (κ1) is 10.8. The summed E-state index contributed by atoms with van der Waals surface area (Å²) in [6.45, 7) is 1.83. The van der Waals surface area contributed by atoms with Crippen molar-refractivity contribution in [2.75, 3.05) is 10.6 Å². The Morgan fingerprint density at radius 2 is 2.11 bits per heavy atom. The molecule has 2 aromatic carbocycles. The Labute approximate surface area is 115 Å². The maximum absolute atomic E-state index is 6.05. The second kappa shape index (κ2) is 3.96. The minimum absolute atomic E-state index is 0.895. The van der Waals surface area contributed by atoms with Crippen molar-refractivity contribution in [1.29, 1.82) is 0 Å². The highest BCUT2D eigenvalue weighted by molar-refractivity contribution is 7.16. The zero-order valence-corrected chi connectivity index (χ0v) is 11.2. The third-order valence-electron chi connectivity index (χ3n) is 3.70. The first-order valence-corrected chi connectivity index (χ1v) is 7.14. The Hall–Kier alpha value is -2.07. The predicted octanol–water partition coefficient (Wildman–Crippen LogP) is 3.40. The summed E-state index contributed by atoms with van der Waals surface area (Å²) < 4.78 is 1.24. The second-order valence-corrected chi connectivity index (χ2v) is 5.73. The van der Waals surface area contributed by atoms with E-state index >= 15 is 0 Å². The second-order valence-electron chi connectivity index (χ2n) is 4.85. The highest BCUT2D eigenvalue weighted by atomic mass is 32.1.